The first-order chi connectivity index (χ1) is 12.3. The zero-order chi connectivity index (χ0) is 17.1. The summed E-state index contributed by atoms with van der Waals surface area (Å²) in [7, 11) is 0. The van der Waals surface area contributed by atoms with E-state index in [1.807, 2.05) is 59.3 Å². The number of ketones is 1. The summed E-state index contributed by atoms with van der Waals surface area (Å²) in [6.45, 7) is 0. The third kappa shape index (κ3) is 3.26. The Labute approximate surface area is 145 Å². The molecule has 0 atom stereocenters. The Morgan fingerprint density at radius 2 is 1.72 bits per heavy atom. The van der Waals surface area contributed by atoms with E-state index in [2.05, 4.69) is 29.2 Å². The fourth-order valence-corrected chi connectivity index (χ4v) is 2.79. The molecule has 3 nitrogen and oxygen atoms in total. The van der Waals surface area contributed by atoms with E-state index in [1.165, 1.54) is 10.8 Å². The number of allylic oxidation sites excluding steroid dienone is 1. The van der Waals surface area contributed by atoms with Crippen molar-refractivity contribution < 1.29 is 4.79 Å². The predicted molar refractivity (Wildman–Crippen MR) is 101 cm³/mol. The van der Waals surface area contributed by atoms with Crippen LogP contribution in [-0.4, -0.2) is 15.3 Å². The molecule has 0 aliphatic rings. The van der Waals surface area contributed by atoms with Crippen LogP contribution >= 0.6 is 0 Å². The number of fused-ring (bicyclic) bond motifs is 1. The van der Waals surface area contributed by atoms with Crippen LogP contribution in [0, 0.1) is 0 Å². The van der Waals surface area contributed by atoms with Crippen LogP contribution in [0.1, 0.15) is 15.9 Å². The van der Waals surface area contributed by atoms with Crippen molar-refractivity contribution in [2.24, 2.45) is 0 Å². The van der Waals surface area contributed by atoms with Crippen LogP contribution in [0.25, 0.3) is 22.5 Å². The SMILES string of the molecule is O=C(/C=C/c1ccc2ccccc2c1)c1ccc(-n2ccnc2)cc1. The lowest BCUT2D eigenvalue weighted by molar-refractivity contribution is 0.104. The number of imidazole rings is 1. The lowest BCUT2D eigenvalue weighted by atomic mass is 10.1. The number of carbonyl (C=O) groups excluding carboxylic acids is 1. The molecule has 0 radical (unpaired) electrons. The summed E-state index contributed by atoms with van der Waals surface area (Å²) in [5.74, 6) is -0.00894. The van der Waals surface area contributed by atoms with Gasteiger partial charge >= 0.3 is 0 Å². The van der Waals surface area contributed by atoms with E-state index in [0.29, 0.717) is 5.56 Å². The molecule has 0 saturated heterocycles. The largest absolute Gasteiger partial charge is 0.306 e. The van der Waals surface area contributed by atoms with E-state index in [4.69, 9.17) is 0 Å². The molecular formula is C22H16N2O. The summed E-state index contributed by atoms with van der Waals surface area (Å²) in [5, 5.41) is 2.36. The first-order valence-corrected chi connectivity index (χ1v) is 8.09. The van der Waals surface area contributed by atoms with Gasteiger partial charge in [0.2, 0.25) is 0 Å². The Bertz CT molecular complexity index is 1050. The van der Waals surface area contributed by atoms with Crippen molar-refractivity contribution >= 4 is 22.6 Å². The van der Waals surface area contributed by atoms with Crippen molar-refractivity contribution in [3.63, 3.8) is 0 Å². The smallest absolute Gasteiger partial charge is 0.185 e. The molecule has 1 aromatic heterocycles. The van der Waals surface area contributed by atoms with Gasteiger partial charge in [0.25, 0.3) is 0 Å². The van der Waals surface area contributed by atoms with E-state index in [9.17, 15) is 4.79 Å². The van der Waals surface area contributed by atoms with E-state index < -0.39 is 0 Å². The van der Waals surface area contributed by atoms with E-state index in [1.54, 1.807) is 18.6 Å². The lowest BCUT2D eigenvalue weighted by Gasteiger charge is -2.03. The van der Waals surface area contributed by atoms with E-state index in [-0.39, 0.29) is 5.78 Å². The Kier molecular flexibility index (Phi) is 3.97. The minimum absolute atomic E-state index is 0.00894. The number of benzene rings is 3. The standard InChI is InChI=1S/C22H16N2O/c25-22(19-8-10-21(11-9-19)24-14-13-23-16-24)12-6-17-5-7-18-3-1-2-4-20(18)15-17/h1-16H/b12-6+. The van der Waals surface area contributed by atoms with Gasteiger partial charge in [-0.25, -0.2) is 4.98 Å². The molecule has 0 amide bonds. The molecule has 0 N–H and O–H groups in total. The number of carbonyl (C=O) groups is 1. The second-order valence-corrected chi connectivity index (χ2v) is 5.82. The maximum Gasteiger partial charge on any atom is 0.185 e. The monoisotopic (exact) mass is 324 g/mol. The first kappa shape index (κ1) is 15.1. The molecular weight excluding hydrogens is 308 g/mol. The molecule has 120 valence electrons. The van der Waals surface area contributed by atoms with Crippen LogP contribution in [0.4, 0.5) is 0 Å². The van der Waals surface area contributed by atoms with E-state index in [0.717, 1.165) is 11.3 Å². The van der Waals surface area contributed by atoms with Gasteiger partial charge in [-0.05, 0) is 52.7 Å². The highest BCUT2D eigenvalue weighted by molar-refractivity contribution is 6.07. The van der Waals surface area contributed by atoms with Crippen LogP contribution in [0.5, 0.6) is 0 Å². The Hall–Kier alpha value is -3.46. The quantitative estimate of drug-likeness (QED) is 0.394. The van der Waals surface area contributed by atoms with Gasteiger partial charge in [0, 0.05) is 23.6 Å². The van der Waals surface area contributed by atoms with Crippen LogP contribution in [0.3, 0.4) is 0 Å². The average molecular weight is 324 g/mol. The summed E-state index contributed by atoms with van der Waals surface area (Å²) in [6.07, 6.45) is 8.81. The second kappa shape index (κ2) is 6.57. The van der Waals surface area contributed by atoms with Crippen molar-refractivity contribution in [1.82, 2.24) is 9.55 Å². The topological polar surface area (TPSA) is 34.9 Å². The van der Waals surface area contributed by atoms with Gasteiger partial charge in [0.05, 0.1) is 6.33 Å². The molecule has 25 heavy (non-hydrogen) atoms. The first-order valence-electron chi connectivity index (χ1n) is 8.09. The number of nitrogens with zero attached hydrogens (tertiary/aromatic N) is 2. The minimum atomic E-state index is -0.00894. The molecule has 0 saturated carbocycles. The van der Waals surface area contributed by atoms with Gasteiger partial charge < -0.3 is 4.57 Å². The van der Waals surface area contributed by atoms with Crippen molar-refractivity contribution in [2.75, 3.05) is 0 Å². The summed E-state index contributed by atoms with van der Waals surface area (Å²) < 4.78 is 1.90. The third-order valence-electron chi connectivity index (χ3n) is 4.16. The molecule has 0 aliphatic carbocycles. The highest BCUT2D eigenvalue weighted by Crippen LogP contribution is 2.17. The summed E-state index contributed by atoms with van der Waals surface area (Å²) in [4.78, 5) is 16.4. The lowest BCUT2D eigenvalue weighted by Crippen LogP contribution is -1.96. The highest BCUT2D eigenvalue weighted by Gasteiger charge is 2.03. The minimum Gasteiger partial charge on any atom is -0.306 e. The van der Waals surface area contributed by atoms with Gasteiger partial charge in [-0.1, -0.05) is 42.5 Å². The zero-order valence-electron chi connectivity index (χ0n) is 13.5. The predicted octanol–water partition coefficient (Wildman–Crippen LogP) is 4.92. The zero-order valence-corrected chi connectivity index (χ0v) is 13.5. The molecule has 4 rings (SSSR count). The number of rotatable bonds is 4. The number of hydrogen-bond donors (Lipinski definition) is 0. The fraction of sp³-hybridized carbons (Fsp3) is 0. The summed E-state index contributed by atoms with van der Waals surface area (Å²) in [6, 6.07) is 21.9. The van der Waals surface area contributed by atoms with Crippen LogP contribution in [0.2, 0.25) is 0 Å². The molecule has 0 aliphatic heterocycles. The molecule has 3 aromatic carbocycles. The van der Waals surface area contributed by atoms with Crippen molar-refractivity contribution in [3.8, 4) is 5.69 Å². The molecule has 3 heteroatoms. The number of hydrogen-bond acceptors (Lipinski definition) is 2. The molecule has 0 fully saturated rings. The Morgan fingerprint density at radius 3 is 2.48 bits per heavy atom. The summed E-state index contributed by atoms with van der Waals surface area (Å²) >= 11 is 0. The van der Waals surface area contributed by atoms with Crippen molar-refractivity contribution in [3.05, 3.63) is 103 Å². The van der Waals surface area contributed by atoms with Gasteiger partial charge in [-0.15, -0.1) is 0 Å². The van der Waals surface area contributed by atoms with Crippen molar-refractivity contribution in [1.29, 1.82) is 0 Å². The van der Waals surface area contributed by atoms with Gasteiger partial charge in [-0.3, -0.25) is 4.79 Å². The average Bonchev–Trinajstić information content (AvgIpc) is 3.21. The van der Waals surface area contributed by atoms with Gasteiger partial charge in [0.15, 0.2) is 5.78 Å². The molecule has 0 spiro atoms. The van der Waals surface area contributed by atoms with Crippen LogP contribution in [-0.2, 0) is 0 Å². The van der Waals surface area contributed by atoms with Crippen LogP contribution < -0.4 is 0 Å². The maximum absolute atomic E-state index is 12.4. The molecule has 0 unspecified atom stereocenters. The highest BCUT2D eigenvalue weighted by atomic mass is 16.1. The Morgan fingerprint density at radius 1 is 0.920 bits per heavy atom. The van der Waals surface area contributed by atoms with Gasteiger partial charge in [0.1, 0.15) is 0 Å². The van der Waals surface area contributed by atoms with Gasteiger partial charge in [-0.2, -0.15) is 0 Å². The Balaban J connectivity index is 1.53. The normalized spacial score (nSPS) is 11.2. The molecule has 1 heterocycles. The molecule has 0 bridgehead atoms. The van der Waals surface area contributed by atoms with E-state index >= 15 is 0 Å². The third-order valence-corrected chi connectivity index (χ3v) is 4.16. The van der Waals surface area contributed by atoms with Crippen LogP contribution in [0.15, 0.2) is 91.5 Å². The second-order valence-electron chi connectivity index (χ2n) is 5.82. The summed E-state index contributed by atoms with van der Waals surface area (Å²) in [5.41, 5.74) is 2.66. The number of aromatic nitrogens is 2. The fourth-order valence-electron chi connectivity index (χ4n) is 2.79. The maximum atomic E-state index is 12.4. The molecule has 4 aromatic rings. The van der Waals surface area contributed by atoms with Crippen molar-refractivity contribution in [2.45, 2.75) is 0 Å².